The first-order valence-corrected chi connectivity index (χ1v) is 6.82. The van der Waals surface area contributed by atoms with Crippen molar-refractivity contribution < 1.29 is 14.9 Å². The van der Waals surface area contributed by atoms with E-state index in [1.807, 2.05) is 6.08 Å². The first kappa shape index (κ1) is 16.6. The van der Waals surface area contributed by atoms with Crippen molar-refractivity contribution in [1.29, 1.82) is 0 Å². The number of hydrogen-bond acceptors (Lipinski definition) is 3. The van der Waals surface area contributed by atoms with E-state index in [1.165, 1.54) is 25.7 Å². The predicted octanol–water partition coefficient (Wildman–Crippen LogP) is 2.66. The molecule has 3 heteroatoms. The third-order valence-electron chi connectivity index (χ3n) is 2.71. The molecular weight excluding hydrogens is 216 g/mol. The molecule has 102 valence electrons. The van der Waals surface area contributed by atoms with Crippen molar-refractivity contribution >= 4 is 0 Å². The number of rotatable bonds is 8. The minimum atomic E-state index is 0.177. The van der Waals surface area contributed by atoms with E-state index in [9.17, 15) is 0 Å². The Morgan fingerprint density at radius 2 is 1.71 bits per heavy atom. The Hall–Kier alpha value is -0.380. The molecule has 0 unspecified atom stereocenters. The minimum absolute atomic E-state index is 0.177. The number of aliphatic hydroxyl groups excluding tert-OH is 2. The highest BCUT2D eigenvalue weighted by atomic mass is 16.6. The van der Waals surface area contributed by atoms with E-state index in [4.69, 9.17) is 14.9 Å². The van der Waals surface area contributed by atoms with E-state index in [2.05, 4.69) is 13.8 Å². The monoisotopic (exact) mass is 244 g/mol. The van der Waals surface area contributed by atoms with Gasteiger partial charge in [0.15, 0.2) is 0 Å². The van der Waals surface area contributed by atoms with Crippen LogP contribution < -0.4 is 0 Å². The van der Waals surface area contributed by atoms with Crippen LogP contribution >= 0.6 is 0 Å². The third-order valence-corrected chi connectivity index (χ3v) is 2.71. The first-order valence-electron chi connectivity index (χ1n) is 6.82. The first-order chi connectivity index (χ1) is 8.29. The third kappa shape index (κ3) is 10.5. The van der Waals surface area contributed by atoms with Crippen LogP contribution in [0.2, 0.25) is 0 Å². The molecule has 0 saturated carbocycles. The molecule has 17 heavy (non-hydrogen) atoms. The van der Waals surface area contributed by atoms with Gasteiger partial charge in [-0.15, -0.1) is 0 Å². The number of unbranched alkanes of at least 4 members (excludes halogenated alkanes) is 3. The molecule has 1 heterocycles. The van der Waals surface area contributed by atoms with Crippen LogP contribution in [0.5, 0.6) is 0 Å². The van der Waals surface area contributed by atoms with Gasteiger partial charge in [0.2, 0.25) is 0 Å². The highest BCUT2D eigenvalue weighted by molar-refractivity contribution is 4.83. The fraction of sp³-hybridized carbons (Fsp3) is 0.857. The van der Waals surface area contributed by atoms with Crippen LogP contribution in [0.3, 0.4) is 0 Å². The molecule has 0 aromatic carbocycles. The van der Waals surface area contributed by atoms with Crippen molar-refractivity contribution in [2.24, 2.45) is 0 Å². The molecule has 0 amide bonds. The van der Waals surface area contributed by atoms with Gasteiger partial charge in [0.05, 0.1) is 19.3 Å². The smallest absolute Gasteiger partial charge is 0.107 e. The van der Waals surface area contributed by atoms with Gasteiger partial charge < -0.3 is 14.9 Å². The second-order valence-corrected chi connectivity index (χ2v) is 4.33. The molecule has 0 bridgehead atoms. The lowest BCUT2D eigenvalue weighted by Gasteiger charge is -1.88. The highest BCUT2D eigenvalue weighted by Crippen LogP contribution is 2.25. The maximum absolute atomic E-state index is 8.55. The summed E-state index contributed by atoms with van der Waals surface area (Å²) in [6.07, 6.45) is 11.5. The Morgan fingerprint density at radius 1 is 1.00 bits per heavy atom. The van der Waals surface area contributed by atoms with Crippen LogP contribution in [0.25, 0.3) is 0 Å². The number of aliphatic hydroxyl groups is 2. The summed E-state index contributed by atoms with van der Waals surface area (Å²) < 4.78 is 5.12. The van der Waals surface area contributed by atoms with Crippen molar-refractivity contribution in [2.45, 2.75) is 64.6 Å². The van der Waals surface area contributed by atoms with Gasteiger partial charge in [0.25, 0.3) is 0 Å². The summed E-state index contributed by atoms with van der Waals surface area (Å²) in [6, 6.07) is 0. The SMILES string of the molecule is CCCC/C=C/CO.CCCC[C@H]1O[C@@H]1CO. The number of ether oxygens (including phenoxy) is 1. The Bertz CT molecular complexity index is 180. The zero-order valence-corrected chi connectivity index (χ0v) is 11.3. The minimum Gasteiger partial charge on any atom is -0.394 e. The number of allylic oxidation sites excluding steroid dienone is 1. The maximum atomic E-state index is 8.55. The van der Waals surface area contributed by atoms with E-state index in [-0.39, 0.29) is 19.3 Å². The van der Waals surface area contributed by atoms with Crippen LogP contribution in [0.15, 0.2) is 12.2 Å². The molecule has 0 spiro atoms. The van der Waals surface area contributed by atoms with E-state index >= 15 is 0 Å². The highest BCUT2D eigenvalue weighted by Gasteiger charge is 2.36. The van der Waals surface area contributed by atoms with Gasteiger partial charge in [-0.25, -0.2) is 0 Å². The van der Waals surface area contributed by atoms with Gasteiger partial charge in [0, 0.05) is 0 Å². The molecule has 1 fully saturated rings. The van der Waals surface area contributed by atoms with Gasteiger partial charge in [-0.1, -0.05) is 51.7 Å². The largest absolute Gasteiger partial charge is 0.394 e. The molecule has 0 aliphatic carbocycles. The maximum Gasteiger partial charge on any atom is 0.107 e. The average Bonchev–Trinajstić information content (AvgIpc) is 3.12. The summed E-state index contributed by atoms with van der Waals surface area (Å²) in [4.78, 5) is 0. The van der Waals surface area contributed by atoms with Crippen molar-refractivity contribution in [3.63, 3.8) is 0 Å². The van der Waals surface area contributed by atoms with Crippen molar-refractivity contribution in [2.75, 3.05) is 13.2 Å². The zero-order chi connectivity index (χ0) is 12.9. The molecule has 1 saturated heterocycles. The second-order valence-electron chi connectivity index (χ2n) is 4.33. The molecule has 1 aliphatic heterocycles. The lowest BCUT2D eigenvalue weighted by Crippen LogP contribution is -1.98. The van der Waals surface area contributed by atoms with Gasteiger partial charge in [-0.05, 0) is 12.8 Å². The van der Waals surface area contributed by atoms with Crippen molar-refractivity contribution in [1.82, 2.24) is 0 Å². The fourth-order valence-corrected chi connectivity index (χ4v) is 1.51. The molecule has 2 N–H and O–H groups in total. The summed E-state index contributed by atoms with van der Waals surface area (Å²) in [5.41, 5.74) is 0. The Balaban J connectivity index is 0.000000304. The lowest BCUT2D eigenvalue weighted by atomic mass is 10.2. The van der Waals surface area contributed by atoms with Gasteiger partial charge >= 0.3 is 0 Å². The van der Waals surface area contributed by atoms with Crippen LogP contribution in [-0.2, 0) is 4.74 Å². The van der Waals surface area contributed by atoms with Gasteiger partial charge in [0.1, 0.15) is 6.10 Å². The van der Waals surface area contributed by atoms with Crippen molar-refractivity contribution in [3.8, 4) is 0 Å². The van der Waals surface area contributed by atoms with Crippen LogP contribution in [0.4, 0.5) is 0 Å². The molecule has 0 aromatic rings. The molecule has 1 aliphatic rings. The summed E-state index contributed by atoms with van der Waals surface area (Å²) >= 11 is 0. The van der Waals surface area contributed by atoms with E-state index in [0.717, 1.165) is 12.8 Å². The summed E-state index contributed by atoms with van der Waals surface area (Å²) in [5, 5.41) is 16.8. The predicted molar refractivity (Wildman–Crippen MR) is 71.0 cm³/mol. The fourth-order valence-electron chi connectivity index (χ4n) is 1.51. The van der Waals surface area contributed by atoms with Crippen molar-refractivity contribution in [3.05, 3.63) is 12.2 Å². The van der Waals surface area contributed by atoms with Gasteiger partial charge in [-0.2, -0.15) is 0 Å². The molecular formula is C14H28O3. The zero-order valence-electron chi connectivity index (χ0n) is 11.3. The quantitative estimate of drug-likeness (QED) is 0.392. The molecule has 3 nitrogen and oxygen atoms in total. The van der Waals surface area contributed by atoms with Crippen LogP contribution in [0, 0.1) is 0 Å². The summed E-state index contributed by atoms with van der Waals surface area (Å²) in [7, 11) is 0. The Labute approximate surface area is 105 Å². The van der Waals surface area contributed by atoms with Crippen LogP contribution in [-0.4, -0.2) is 35.6 Å². The van der Waals surface area contributed by atoms with E-state index < -0.39 is 0 Å². The number of hydrogen-bond donors (Lipinski definition) is 2. The standard InChI is InChI=1S/C7H14O2.C7H14O/c1-2-3-4-6-7(5-8)9-6;1-2-3-4-5-6-7-8/h6-8H,2-5H2,1H3;5-6,8H,2-4,7H2,1H3/b;6-5+/t6-,7-;/m1./s1. The molecule has 2 atom stereocenters. The van der Waals surface area contributed by atoms with Gasteiger partial charge in [-0.3, -0.25) is 0 Å². The Kier molecular flexibility index (Phi) is 11.8. The normalized spacial score (nSPS) is 22.4. The molecule has 0 aromatic heterocycles. The van der Waals surface area contributed by atoms with Crippen LogP contribution in [0.1, 0.15) is 52.4 Å². The summed E-state index contributed by atoms with van der Waals surface area (Å²) in [6.45, 7) is 4.71. The molecule has 0 radical (unpaired) electrons. The average molecular weight is 244 g/mol. The lowest BCUT2D eigenvalue weighted by molar-refractivity contribution is 0.241. The molecule has 1 rings (SSSR count). The van der Waals surface area contributed by atoms with E-state index in [0.29, 0.717) is 6.10 Å². The summed E-state index contributed by atoms with van der Waals surface area (Å²) in [5.74, 6) is 0. The topological polar surface area (TPSA) is 53.0 Å². The van der Waals surface area contributed by atoms with E-state index in [1.54, 1.807) is 6.08 Å². The second kappa shape index (κ2) is 12.1. The Morgan fingerprint density at radius 3 is 2.18 bits per heavy atom. The number of epoxide rings is 1.